The molecule has 1 amide bonds. The summed E-state index contributed by atoms with van der Waals surface area (Å²) in [4.78, 5) is 12.7. The highest BCUT2D eigenvalue weighted by Gasteiger charge is 2.19. The van der Waals surface area contributed by atoms with Gasteiger partial charge in [0.25, 0.3) is 15.9 Å². The van der Waals surface area contributed by atoms with Gasteiger partial charge in [0.15, 0.2) is 0 Å². The highest BCUT2D eigenvalue weighted by molar-refractivity contribution is 7.92. The molecule has 0 aliphatic heterocycles. The van der Waals surface area contributed by atoms with Crippen LogP contribution in [0.25, 0.3) is 0 Å². The molecular formula is C22H22N2O3S. The number of sulfonamides is 1. The largest absolute Gasteiger partial charge is 0.322 e. The predicted molar refractivity (Wildman–Crippen MR) is 112 cm³/mol. The minimum Gasteiger partial charge on any atom is -0.322 e. The number of nitrogens with one attached hydrogen (secondary N) is 2. The Morgan fingerprint density at radius 3 is 2.18 bits per heavy atom. The molecule has 0 atom stereocenters. The van der Waals surface area contributed by atoms with Crippen LogP contribution in [0.4, 0.5) is 11.4 Å². The van der Waals surface area contributed by atoms with Crippen molar-refractivity contribution in [1.82, 2.24) is 0 Å². The highest BCUT2D eigenvalue weighted by atomic mass is 32.2. The average molecular weight is 394 g/mol. The number of amides is 1. The smallest absolute Gasteiger partial charge is 0.261 e. The zero-order chi connectivity index (χ0) is 20.3. The second-order valence-electron chi connectivity index (χ2n) is 6.72. The second-order valence-corrected chi connectivity index (χ2v) is 8.40. The van der Waals surface area contributed by atoms with E-state index in [2.05, 4.69) is 10.0 Å². The molecule has 144 valence electrons. The summed E-state index contributed by atoms with van der Waals surface area (Å²) >= 11 is 0. The van der Waals surface area contributed by atoms with Crippen LogP contribution in [0.5, 0.6) is 0 Å². The van der Waals surface area contributed by atoms with Crippen molar-refractivity contribution in [3.05, 3.63) is 89.0 Å². The topological polar surface area (TPSA) is 75.3 Å². The summed E-state index contributed by atoms with van der Waals surface area (Å²) in [6, 6.07) is 19.1. The van der Waals surface area contributed by atoms with Crippen molar-refractivity contribution in [3.8, 4) is 0 Å². The van der Waals surface area contributed by atoms with E-state index in [1.807, 2.05) is 50.2 Å². The van der Waals surface area contributed by atoms with E-state index >= 15 is 0 Å². The molecule has 0 fully saturated rings. The fourth-order valence-corrected chi connectivity index (χ4v) is 3.90. The monoisotopic (exact) mass is 394 g/mol. The lowest BCUT2D eigenvalue weighted by molar-refractivity contribution is 0.102. The molecule has 0 bridgehead atoms. The minimum atomic E-state index is -3.82. The molecular weight excluding hydrogens is 372 g/mol. The minimum absolute atomic E-state index is 0.0374. The lowest BCUT2D eigenvalue weighted by atomic mass is 10.1. The molecule has 5 nitrogen and oxygen atoms in total. The van der Waals surface area contributed by atoms with E-state index in [0.29, 0.717) is 22.5 Å². The number of benzene rings is 3. The van der Waals surface area contributed by atoms with Gasteiger partial charge < -0.3 is 5.32 Å². The standard InChI is InChI=1S/C22H22N2O3S/c1-15-8-11-18(12-9-15)23-22(25)20-14-19(13-10-16(20)2)28(26,27)24-21-7-5-4-6-17(21)3/h4-14,24H,1-3H3,(H,23,25). The SMILES string of the molecule is Cc1ccc(NC(=O)c2cc(S(=O)(=O)Nc3ccccc3C)ccc2C)cc1. The lowest BCUT2D eigenvalue weighted by Crippen LogP contribution is -2.17. The fourth-order valence-electron chi connectivity index (χ4n) is 2.74. The Hall–Kier alpha value is -3.12. The van der Waals surface area contributed by atoms with Gasteiger partial charge in [-0.25, -0.2) is 8.42 Å². The van der Waals surface area contributed by atoms with Crippen LogP contribution >= 0.6 is 0 Å². The summed E-state index contributed by atoms with van der Waals surface area (Å²) < 4.78 is 28.2. The number of carbonyl (C=O) groups is 1. The zero-order valence-corrected chi connectivity index (χ0v) is 16.8. The number of rotatable bonds is 5. The van der Waals surface area contributed by atoms with Crippen molar-refractivity contribution in [2.45, 2.75) is 25.7 Å². The molecule has 3 aromatic carbocycles. The second kappa shape index (κ2) is 7.86. The third kappa shape index (κ3) is 4.40. The van der Waals surface area contributed by atoms with Crippen molar-refractivity contribution in [1.29, 1.82) is 0 Å². The van der Waals surface area contributed by atoms with Crippen molar-refractivity contribution in [3.63, 3.8) is 0 Å². The molecule has 6 heteroatoms. The Balaban J connectivity index is 1.89. The molecule has 0 aliphatic carbocycles. The number of aryl methyl sites for hydroxylation is 3. The molecule has 0 radical (unpaired) electrons. The number of carbonyl (C=O) groups excluding carboxylic acids is 1. The van der Waals surface area contributed by atoms with Crippen LogP contribution in [0.3, 0.4) is 0 Å². The van der Waals surface area contributed by atoms with Gasteiger partial charge in [0.1, 0.15) is 0 Å². The van der Waals surface area contributed by atoms with E-state index in [1.54, 1.807) is 25.1 Å². The first-order valence-corrected chi connectivity index (χ1v) is 10.3. The maximum atomic E-state index is 12.8. The number of hydrogen-bond acceptors (Lipinski definition) is 3. The van der Waals surface area contributed by atoms with Gasteiger partial charge in [0.2, 0.25) is 0 Å². The van der Waals surface area contributed by atoms with Crippen LogP contribution in [0.15, 0.2) is 71.6 Å². The van der Waals surface area contributed by atoms with Crippen molar-refractivity contribution in [2.24, 2.45) is 0 Å². The van der Waals surface area contributed by atoms with E-state index < -0.39 is 10.0 Å². The Morgan fingerprint density at radius 2 is 1.50 bits per heavy atom. The van der Waals surface area contributed by atoms with Crippen LogP contribution < -0.4 is 10.0 Å². The normalized spacial score (nSPS) is 11.1. The zero-order valence-electron chi connectivity index (χ0n) is 16.0. The number of anilines is 2. The first kappa shape index (κ1) is 19.6. The Labute approximate surface area is 165 Å². The van der Waals surface area contributed by atoms with Crippen molar-refractivity contribution < 1.29 is 13.2 Å². The van der Waals surface area contributed by atoms with Gasteiger partial charge in [-0.15, -0.1) is 0 Å². The summed E-state index contributed by atoms with van der Waals surface area (Å²) in [6.45, 7) is 5.56. The molecule has 0 aromatic heterocycles. The van der Waals surface area contributed by atoms with Gasteiger partial charge in [-0.05, 0) is 62.2 Å². The van der Waals surface area contributed by atoms with E-state index in [9.17, 15) is 13.2 Å². The summed E-state index contributed by atoms with van der Waals surface area (Å²) in [5.74, 6) is -0.353. The average Bonchev–Trinajstić information content (AvgIpc) is 2.65. The van der Waals surface area contributed by atoms with Crippen molar-refractivity contribution >= 4 is 27.3 Å². The lowest BCUT2D eigenvalue weighted by Gasteiger charge is -2.13. The van der Waals surface area contributed by atoms with Crippen LogP contribution in [0, 0.1) is 20.8 Å². The Morgan fingerprint density at radius 1 is 0.821 bits per heavy atom. The Kier molecular flexibility index (Phi) is 5.51. The van der Waals surface area contributed by atoms with Crippen molar-refractivity contribution in [2.75, 3.05) is 10.0 Å². The van der Waals surface area contributed by atoms with Crippen LogP contribution in [0.2, 0.25) is 0 Å². The molecule has 2 N–H and O–H groups in total. The van der Waals surface area contributed by atoms with Gasteiger partial charge in [-0.3, -0.25) is 9.52 Å². The van der Waals surface area contributed by atoms with E-state index in [0.717, 1.165) is 11.1 Å². The van der Waals surface area contributed by atoms with Crippen LogP contribution in [0.1, 0.15) is 27.0 Å². The summed E-state index contributed by atoms with van der Waals surface area (Å²) in [5.41, 5.74) is 4.07. The van der Waals surface area contributed by atoms with Crippen LogP contribution in [-0.2, 0) is 10.0 Å². The molecule has 0 saturated carbocycles. The van der Waals surface area contributed by atoms with Gasteiger partial charge in [0.05, 0.1) is 10.6 Å². The quantitative estimate of drug-likeness (QED) is 0.661. The maximum Gasteiger partial charge on any atom is 0.261 e. The molecule has 28 heavy (non-hydrogen) atoms. The van der Waals surface area contributed by atoms with Gasteiger partial charge in [-0.2, -0.15) is 0 Å². The molecule has 0 aliphatic rings. The first-order valence-electron chi connectivity index (χ1n) is 8.83. The van der Waals surface area contributed by atoms with E-state index in [4.69, 9.17) is 0 Å². The fraction of sp³-hybridized carbons (Fsp3) is 0.136. The summed E-state index contributed by atoms with van der Waals surface area (Å²) in [5, 5.41) is 2.81. The Bertz CT molecular complexity index is 1120. The number of para-hydroxylation sites is 1. The van der Waals surface area contributed by atoms with Crippen LogP contribution in [-0.4, -0.2) is 14.3 Å². The number of hydrogen-bond donors (Lipinski definition) is 2. The first-order chi connectivity index (χ1) is 13.3. The molecule has 0 heterocycles. The maximum absolute atomic E-state index is 12.8. The van der Waals surface area contributed by atoms with E-state index in [-0.39, 0.29) is 10.8 Å². The van der Waals surface area contributed by atoms with Gasteiger partial charge in [0, 0.05) is 11.3 Å². The summed E-state index contributed by atoms with van der Waals surface area (Å²) in [6.07, 6.45) is 0. The van der Waals surface area contributed by atoms with Gasteiger partial charge in [-0.1, -0.05) is 42.0 Å². The summed E-state index contributed by atoms with van der Waals surface area (Å²) in [7, 11) is -3.82. The highest BCUT2D eigenvalue weighted by Crippen LogP contribution is 2.22. The molecule has 3 rings (SSSR count). The van der Waals surface area contributed by atoms with Gasteiger partial charge >= 0.3 is 0 Å². The molecule has 0 unspecified atom stereocenters. The third-order valence-corrected chi connectivity index (χ3v) is 5.83. The molecule has 0 spiro atoms. The predicted octanol–water partition coefficient (Wildman–Crippen LogP) is 4.66. The molecule has 0 saturated heterocycles. The van der Waals surface area contributed by atoms with E-state index in [1.165, 1.54) is 12.1 Å². The molecule has 3 aromatic rings. The third-order valence-electron chi connectivity index (χ3n) is 4.46.